The second kappa shape index (κ2) is 5.42. The monoisotopic (exact) mass is 248 g/mol. The smallest absolute Gasteiger partial charge is 0.227 e. The number of anilines is 2. The predicted octanol–water partition coefficient (Wildman–Crippen LogP) is 3.30. The largest absolute Gasteiger partial charge is 0.399 e. The van der Waals surface area contributed by atoms with Crippen molar-refractivity contribution in [3.63, 3.8) is 0 Å². The molecule has 0 saturated heterocycles. The van der Waals surface area contributed by atoms with Crippen molar-refractivity contribution in [2.24, 2.45) is 11.3 Å². The topological polar surface area (TPSA) is 46.3 Å². The summed E-state index contributed by atoms with van der Waals surface area (Å²) in [5.74, 6) is 0.489. The minimum absolute atomic E-state index is 0.141. The Hall–Kier alpha value is -1.51. The van der Waals surface area contributed by atoms with Crippen molar-refractivity contribution in [2.75, 3.05) is 17.7 Å². The summed E-state index contributed by atoms with van der Waals surface area (Å²) in [6, 6.07) is 7.36. The average Bonchev–Trinajstić information content (AvgIpc) is 2.27. The molecule has 0 saturated carbocycles. The Morgan fingerprint density at radius 1 is 1.28 bits per heavy atom. The van der Waals surface area contributed by atoms with Gasteiger partial charge in [-0.2, -0.15) is 0 Å². The molecule has 0 bridgehead atoms. The molecule has 0 aliphatic carbocycles. The fourth-order valence-electron chi connectivity index (χ4n) is 1.55. The Morgan fingerprint density at radius 2 is 1.78 bits per heavy atom. The zero-order chi connectivity index (χ0) is 13.9. The van der Waals surface area contributed by atoms with Gasteiger partial charge in [-0.25, -0.2) is 0 Å². The van der Waals surface area contributed by atoms with Crippen LogP contribution in [0.4, 0.5) is 11.4 Å². The lowest BCUT2D eigenvalue weighted by atomic mass is 9.80. The van der Waals surface area contributed by atoms with Crippen LogP contribution in [0.3, 0.4) is 0 Å². The molecule has 1 amide bonds. The van der Waals surface area contributed by atoms with Gasteiger partial charge in [0.1, 0.15) is 0 Å². The van der Waals surface area contributed by atoms with Crippen LogP contribution in [0.2, 0.25) is 0 Å². The van der Waals surface area contributed by atoms with Crippen molar-refractivity contribution in [1.82, 2.24) is 0 Å². The molecule has 2 N–H and O–H groups in total. The highest BCUT2D eigenvalue weighted by atomic mass is 16.2. The van der Waals surface area contributed by atoms with Gasteiger partial charge in [-0.1, -0.05) is 27.7 Å². The van der Waals surface area contributed by atoms with Crippen molar-refractivity contribution in [1.29, 1.82) is 0 Å². The van der Waals surface area contributed by atoms with E-state index in [-0.39, 0.29) is 11.3 Å². The maximum absolute atomic E-state index is 12.2. The van der Waals surface area contributed by atoms with E-state index in [1.165, 1.54) is 0 Å². The standard InChI is InChI=1S/C15H24N2O/c1-11(15(2,3)4)10-14(18)17(5)13-8-6-12(16)7-9-13/h6-9,11H,10,16H2,1-5H3. The summed E-state index contributed by atoms with van der Waals surface area (Å²) >= 11 is 0. The summed E-state index contributed by atoms with van der Waals surface area (Å²) in [4.78, 5) is 13.9. The number of hydrogen-bond acceptors (Lipinski definition) is 2. The first kappa shape index (κ1) is 14.6. The molecule has 100 valence electrons. The first-order chi connectivity index (χ1) is 8.21. The summed E-state index contributed by atoms with van der Waals surface area (Å²) < 4.78 is 0. The number of nitrogens with two attached hydrogens (primary N) is 1. The third-order valence-corrected chi connectivity index (χ3v) is 3.61. The van der Waals surface area contributed by atoms with Gasteiger partial charge >= 0.3 is 0 Å². The quantitative estimate of drug-likeness (QED) is 0.834. The highest BCUT2D eigenvalue weighted by Gasteiger charge is 2.24. The number of rotatable bonds is 3. The molecule has 0 radical (unpaired) electrons. The third-order valence-electron chi connectivity index (χ3n) is 3.61. The van der Waals surface area contributed by atoms with E-state index < -0.39 is 0 Å². The van der Waals surface area contributed by atoms with Gasteiger partial charge in [0.05, 0.1) is 0 Å². The minimum Gasteiger partial charge on any atom is -0.399 e. The number of benzene rings is 1. The number of nitrogen functional groups attached to an aromatic ring is 1. The fourth-order valence-corrected chi connectivity index (χ4v) is 1.55. The van der Waals surface area contributed by atoms with Gasteiger partial charge in [0, 0.05) is 24.8 Å². The molecule has 0 spiro atoms. The van der Waals surface area contributed by atoms with Crippen molar-refractivity contribution in [3.8, 4) is 0 Å². The van der Waals surface area contributed by atoms with E-state index in [9.17, 15) is 4.79 Å². The molecule has 0 aliphatic heterocycles. The Balaban J connectivity index is 2.70. The van der Waals surface area contributed by atoms with Crippen LogP contribution in [0, 0.1) is 11.3 Å². The van der Waals surface area contributed by atoms with E-state index in [1.54, 1.807) is 4.90 Å². The van der Waals surface area contributed by atoms with Crippen LogP contribution in [-0.4, -0.2) is 13.0 Å². The Labute approximate surface area is 110 Å². The third kappa shape index (κ3) is 3.76. The molecule has 3 nitrogen and oxygen atoms in total. The van der Waals surface area contributed by atoms with Crippen LogP contribution in [0.5, 0.6) is 0 Å². The highest BCUT2D eigenvalue weighted by Crippen LogP contribution is 2.29. The van der Waals surface area contributed by atoms with Crippen molar-refractivity contribution in [3.05, 3.63) is 24.3 Å². The first-order valence-corrected chi connectivity index (χ1v) is 6.34. The highest BCUT2D eigenvalue weighted by molar-refractivity contribution is 5.93. The lowest BCUT2D eigenvalue weighted by Crippen LogP contribution is -2.30. The molecule has 1 aromatic rings. The minimum atomic E-state index is 0.141. The van der Waals surface area contributed by atoms with Crippen molar-refractivity contribution in [2.45, 2.75) is 34.1 Å². The fraction of sp³-hybridized carbons (Fsp3) is 0.533. The van der Waals surface area contributed by atoms with E-state index in [0.29, 0.717) is 18.0 Å². The number of nitrogens with zero attached hydrogens (tertiary/aromatic N) is 1. The molecule has 18 heavy (non-hydrogen) atoms. The van der Waals surface area contributed by atoms with Gasteiger partial charge in [-0.15, -0.1) is 0 Å². The lowest BCUT2D eigenvalue weighted by Gasteiger charge is -2.28. The second-order valence-corrected chi connectivity index (χ2v) is 6.02. The van der Waals surface area contributed by atoms with Gasteiger partial charge in [0.15, 0.2) is 0 Å². The van der Waals surface area contributed by atoms with Crippen LogP contribution < -0.4 is 10.6 Å². The molecule has 0 fully saturated rings. The molecule has 1 unspecified atom stereocenters. The molecule has 1 atom stereocenters. The van der Waals surface area contributed by atoms with Crippen LogP contribution in [0.15, 0.2) is 24.3 Å². The Bertz CT molecular complexity index is 403. The van der Waals surface area contributed by atoms with Crippen molar-refractivity contribution >= 4 is 17.3 Å². The molecular formula is C15H24N2O. The van der Waals surface area contributed by atoms with E-state index in [2.05, 4.69) is 27.7 Å². The van der Waals surface area contributed by atoms with Gasteiger partial charge in [-0.05, 0) is 35.6 Å². The number of amides is 1. The average molecular weight is 248 g/mol. The van der Waals surface area contributed by atoms with Crippen LogP contribution >= 0.6 is 0 Å². The summed E-state index contributed by atoms with van der Waals surface area (Å²) in [6.07, 6.45) is 0.560. The van der Waals surface area contributed by atoms with Crippen LogP contribution in [0.25, 0.3) is 0 Å². The van der Waals surface area contributed by atoms with Gasteiger partial charge in [0.2, 0.25) is 5.91 Å². The first-order valence-electron chi connectivity index (χ1n) is 6.34. The van der Waals surface area contributed by atoms with E-state index in [0.717, 1.165) is 5.69 Å². The molecular weight excluding hydrogens is 224 g/mol. The second-order valence-electron chi connectivity index (χ2n) is 6.02. The molecule has 0 aromatic heterocycles. The SMILES string of the molecule is CC(CC(=O)N(C)c1ccc(N)cc1)C(C)(C)C. The van der Waals surface area contributed by atoms with E-state index in [1.807, 2.05) is 31.3 Å². The summed E-state index contributed by atoms with van der Waals surface area (Å²) in [7, 11) is 1.81. The number of carbonyl (C=O) groups is 1. The zero-order valence-corrected chi connectivity index (χ0v) is 12.0. The predicted molar refractivity (Wildman–Crippen MR) is 77.5 cm³/mol. The summed E-state index contributed by atoms with van der Waals surface area (Å²) in [6.45, 7) is 8.60. The maximum Gasteiger partial charge on any atom is 0.227 e. The molecule has 1 aromatic carbocycles. The Morgan fingerprint density at radius 3 is 2.22 bits per heavy atom. The zero-order valence-electron chi connectivity index (χ0n) is 12.0. The van der Waals surface area contributed by atoms with Crippen LogP contribution in [0.1, 0.15) is 34.1 Å². The normalized spacial score (nSPS) is 13.2. The van der Waals surface area contributed by atoms with Gasteiger partial charge in [0.25, 0.3) is 0 Å². The number of hydrogen-bond donors (Lipinski definition) is 1. The van der Waals surface area contributed by atoms with Crippen LogP contribution in [-0.2, 0) is 4.79 Å². The molecule has 1 rings (SSSR count). The van der Waals surface area contributed by atoms with Gasteiger partial charge < -0.3 is 10.6 Å². The van der Waals surface area contributed by atoms with E-state index in [4.69, 9.17) is 5.73 Å². The lowest BCUT2D eigenvalue weighted by molar-refractivity contribution is -0.119. The summed E-state index contributed by atoms with van der Waals surface area (Å²) in [5, 5.41) is 0. The van der Waals surface area contributed by atoms with Crippen molar-refractivity contribution < 1.29 is 4.79 Å². The molecule has 0 heterocycles. The summed E-state index contributed by atoms with van der Waals surface area (Å²) in [5.41, 5.74) is 7.38. The van der Waals surface area contributed by atoms with E-state index >= 15 is 0 Å². The maximum atomic E-state index is 12.2. The number of carbonyl (C=O) groups excluding carboxylic acids is 1. The Kier molecular flexibility index (Phi) is 4.38. The molecule has 0 aliphatic rings. The van der Waals surface area contributed by atoms with Gasteiger partial charge in [-0.3, -0.25) is 4.79 Å². The molecule has 3 heteroatoms.